The largest absolute Gasteiger partial charge is 0.313 e. The van der Waals surface area contributed by atoms with Gasteiger partial charge in [0.05, 0.1) is 0 Å². The van der Waals surface area contributed by atoms with Crippen molar-refractivity contribution in [3.63, 3.8) is 0 Å². The summed E-state index contributed by atoms with van der Waals surface area (Å²) >= 11 is 0. The van der Waals surface area contributed by atoms with Gasteiger partial charge in [-0.1, -0.05) is 25.1 Å². The lowest BCUT2D eigenvalue weighted by Gasteiger charge is -2.10. The zero-order valence-corrected chi connectivity index (χ0v) is 8.27. The third kappa shape index (κ3) is 1.75. The van der Waals surface area contributed by atoms with Crippen molar-refractivity contribution in [3.8, 4) is 0 Å². The maximum atomic E-state index is 3.48. The summed E-state index contributed by atoms with van der Waals surface area (Å²) in [6.07, 6.45) is 3.68. The van der Waals surface area contributed by atoms with Gasteiger partial charge in [-0.15, -0.1) is 0 Å². The summed E-state index contributed by atoms with van der Waals surface area (Å²) in [4.78, 5) is 0. The van der Waals surface area contributed by atoms with Gasteiger partial charge in [0, 0.05) is 6.54 Å². The van der Waals surface area contributed by atoms with Crippen LogP contribution in [0.2, 0.25) is 0 Å². The molecule has 1 nitrogen and oxygen atoms in total. The van der Waals surface area contributed by atoms with E-state index in [0.29, 0.717) is 0 Å². The molecule has 1 heteroatoms. The van der Waals surface area contributed by atoms with Crippen LogP contribution in [0.4, 0.5) is 0 Å². The fourth-order valence-corrected chi connectivity index (χ4v) is 2.10. The van der Waals surface area contributed by atoms with Gasteiger partial charge in [-0.05, 0) is 42.5 Å². The summed E-state index contributed by atoms with van der Waals surface area (Å²) in [5.41, 5.74) is 4.64. The second kappa shape index (κ2) is 3.93. The van der Waals surface area contributed by atoms with Gasteiger partial charge < -0.3 is 5.32 Å². The van der Waals surface area contributed by atoms with Gasteiger partial charge >= 0.3 is 0 Å². The molecule has 0 bridgehead atoms. The average molecular weight is 175 g/mol. The number of fused-ring (bicyclic) bond motifs is 1. The van der Waals surface area contributed by atoms with Gasteiger partial charge in [0.25, 0.3) is 0 Å². The van der Waals surface area contributed by atoms with Gasteiger partial charge in [0.1, 0.15) is 0 Å². The number of hydrogen-bond acceptors (Lipinski definition) is 1. The minimum Gasteiger partial charge on any atom is -0.313 e. The van der Waals surface area contributed by atoms with Crippen LogP contribution in [-0.2, 0) is 19.4 Å². The molecule has 1 aromatic rings. The standard InChI is InChI=1S/C12H17N/c1-2-10-5-3-6-11-7-4-8-13-9-12(10)11/h3,5-6,13H,2,4,7-9H2,1H3. The van der Waals surface area contributed by atoms with E-state index in [1.807, 2.05) is 0 Å². The fraction of sp³-hybridized carbons (Fsp3) is 0.500. The topological polar surface area (TPSA) is 12.0 Å². The highest BCUT2D eigenvalue weighted by molar-refractivity contribution is 5.36. The average Bonchev–Trinajstić information content (AvgIpc) is 2.41. The van der Waals surface area contributed by atoms with Gasteiger partial charge in [0.2, 0.25) is 0 Å². The van der Waals surface area contributed by atoms with Crippen LogP contribution in [0.1, 0.15) is 30.0 Å². The lowest BCUT2D eigenvalue weighted by Crippen LogP contribution is -2.13. The summed E-state index contributed by atoms with van der Waals surface area (Å²) in [5.74, 6) is 0. The van der Waals surface area contributed by atoms with E-state index in [2.05, 4.69) is 30.4 Å². The highest BCUT2D eigenvalue weighted by Crippen LogP contribution is 2.18. The van der Waals surface area contributed by atoms with E-state index < -0.39 is 0 Å². The minimum atomic E-state index is 1.07. The summed E-state index contributed by atoms with van der Waals surface area (Å²) in [5, 5.41) is 3.48. The second-order valence-corrected chi connectivity index (χ2v) is 3.69. The molecule has 1 aliphatic heterocycles. The molecule has 0 fully saturated rings. The molecule has 13 heavy (non-hydrogen) atoms. The predicted octanol–water partition coefficient (Wildman–Crippen LogP) is 2.28. The molecule has 2 rings (SSSR count). The summed E-state index contributed by atoms with van der Waals surface area (Å²) in [6.45, 7) is 4.47. The molecule has 1 aliphatic rings. The molecule has 1 heterocycles. The molecule has 0 aromatic heterocycles. The molecule has 0 aliphatic carbocycles. The Morgan fingerprint density at radius 1 is 1.38 bits per heavy atom. The maximum absolute atomic E-state index is 3.48. The molecular weight excluding hydrogens is 158 g/mol. The smallest absolute Gasteiger partial charge is 0.0210 e. The van der Waals surface area contributed by atoms with E-state index in [9.17, 15) is 0 Å². The molecule has 0 amide bonds. The van der Waals surface area contributed by atoms with Crippen molar-refractivity contribution in [1.29, 1.82) is 0 Å². The van der Waals surface area contributed by atoms with Crippen LogP contribution < -0.4 is 5.32 Å². The monoisotopic (exact) mass is 175 g/mol. The van der Waals surface area contributed by atoms with Crippen molar-refractivity contribution < 1.29 is 0 Å². The fourth-order valence-electron chi connectivity index (χ4n) is 2.10. The first-order valence-electron chi connectivity index (χ1n) is 5.22. The van der Waals surface area contributed by atoms with Crippen LogP contribution in [0.25, 0.3) is 0 Å². The lowest BCUT2D eigenvalue weighted by atomic mass is 9.97. The van der Waals surface area contributed by atoms with E-state index in [-0.39, 0.29) is 0 Å². The first-order valence-corrected chi connectivity index (χ1v) is 5.22. The molecule has 0 spiro atoms. The molecule has 0 saturated heterocycles. The quantitative estimate of drug-likeness (QED) is 0.690. The molecule has 70 valence electrons. The molecular formula is C12H17N. The molecule has 1 N–H and O–H groups in total. The Balaban J connectivity index is 2.40. The first-order chi connectivity index (χ1) is 6.42. The van der Waals surface area contributed by atoms with Crippen molar-refractivity contribution in [1.82, 2.24) is 5.32 Å². The zero-order chi connectivity index (χ0) is 9.10. The third-order valence-corrected chi connectivity index (χ3v) is 2.85. The van der Waals surface area contributed by atoms with E-state index in [1.54, 1.807) is 11.1 Å². The van der Waals surface area contributed by atoms with Crippen molar-refractivity contribution in [2.24, 2.45) is 0 Å². The Morgan fingerprint density at radius 2 is 2.31 bits per heavy atom. The van der Waals surface area contributed by atoms with Gasteiger partial charge in [0.15, 0.2) is 0 Å². The van der Waals surface area contributed by atoms with Gasteiger partial charge in [-0.25, -0.2) is 0 Å². The number of benzene rings is 1. The maximum Gasteiger partial charge on any atom is 0.0210 e. The predicted molar refractivity (Wildman–Crippen MR) is 55.8 cm³/mol. The van der Waals surface area contributed by atoms with E-state index in [0.717, 1.165) is 19.5 Å². The van der Waals surface area contributed by atoms with Crippen molar-refractivity contribution in [2.75, 3.05) is 6.54 Å². The Hall–Kier alpha value is -0.820. The SMILES string of the molecule is CCc1cccc2c1CNCCC2. The Kier molecular flexibility index (Phi) is 2.65. The number of rotatable bonds is 1. The minimum absolute atomic E-state index is 1.07. The summed E-state index contributed by atoms with van der Waals surface area (Å²) in [6, 6.07) is 6.73. The normalized spacial score (nSPS) is 16.4. The van der Waals surface area contributed by atoms with Gasteiger partial charge in [-0.3, -0.25) is 0 Å². The van der Waals surface area contributed by atoms with Crippen LogP contribution in [-0.4, -0.2) is 6.54 Å². The van der Waals surface area contributed by atoms with Crippen LogP contribution in [0.5, 0.6) is 0 Å². The number of nitrogens with one attached hydrogen (secondary N) is 1. The molecule has 0 saturated carbocycles. The Bertz CT molecular complexity index is 291. The van der Waals surface area contributed by atoms with Gasteiger partial charge in [-0.2, -0.15) is 0 Å². The van der Waals surface area contributed by atoms with E-state index in [1.165, 1.54) is 18.4 Å². The highest BCUT2D eigenvalue weighted by Gasteiger charge is 2.09. The van der Waals surface area contributed by atoms with Crippen LogP contribution in [0.3, 0.4) is 0 Å². The van der Waals surface area contributed by atoms with E-state index in [4.69, 9.17) is 0 Å². The molecule has 1 aromatic carbocycles. The number of hydrogen-bond donors (Lipinski definition) is 1. The lowest BCUT2D eigenvalue weighted by molar-refractivity contribution is 0.678. The third-order valence-electron chi connectivity index (χ3n) is 2.85. The Morgan fingerprint density at radius 3 is 3.15 bits per heavy atom. The second-order valence-electron chi connectivity index (χ2n) is 3.69. The molecule has 0 radical (unpaired) electrons. The highest BCUT2D eigenvalue weighted by atomic mass is 14.8. The molecule has 0 unspecified atom stereocenters. The molecule has 0 atom stereocenters. The van der Waals surface area contributed by atoms with E-state index >= 15 is 0 Å². The van der Waals surface area contributed by atoms with Crippen molar-refractivity contribution in [3.05, 3.63) is 34.9 Å². The van der Waals surface area contributed by atoms with Crippen LogP contribution >= 0.6 is 0 Å². The Labute approximate surface area is 80.2 Å². The summed E-state index contributed by atoms with van der Waals surface area (Å²) < 4.78 is 0. The zero-order valence-electron chi connectivity index (χ0n) is 8.27. The van der Waals surface area contributed by atoms with Crippen molar-refractivity contribution >= 4 is 0 Å². The first kappa shape index (κ1) is 8.76. The number of aryl methyl sites for hydroxylation is 2. The van der Waals surface area contributed by atoms with Crippen molar-refractivity contribution in [2.45, 2.75) is 32.7 Å². The van der Waals surface area contributed by atoms with Crippen LogP contribution in [0.15, 0.2) is 18.2 Å². The summed E-state index contributed by atoms with van der Waals surface area (Å²) in [7, 11) is 0. The van der Waals surface area contributed by atoms with Crippen LogP contribution in [0, 0.1) is 0 Å².